The zero-order valence-electron chi connectivity index (χ0n) is 20.8. The molecule has 2 N–H and O–H groups in total. The predicted octanol–water partition coefficient (Wildman–Crippen LogP) is 4.40. The van der Waals surface area contributed by atoms with Crippen molar-refractivity contribution in [1.29, 1.82) is 5.26 Å². The Kier molecular flexibility index (Phi) is 7.26. The van der Waals surface area contributed by atoms with E-state index in [1.807, 2.05) is 6.07 Å². The Morgan fingerprint density at radius 1 is 1.21 bits per heavy atom. The van der Waals surface area contributed by atoms with Crippen molar-refractivity contribution in [2.24, 2.45) is 0 Å². The lowest BCUT2D eigenvalue weighted by atomic mass is 9.93. The second kappa shape index (κ2) is 10.4. The fraction of sp³-hybridized carbons (Fsp3) is 0.259. The molecular weight excluding hydrogens is 497 g/mol. The minimum Gasteiger partial charge on any atom is -0.335 e. The van der Waals surface area contributed by atoms with Crippen LogP contribution in [0.5, 0.6) is 0 Å². The number of nitrogens with one attached hydrogen (secondary N) is 2. The van der Waals surface area contributed by atoms with Crippen LogP contribution in [0.3, 0.4) is 0 Å². The number of carbonyl (C=O) groups excluding carboxylic acids is 1. The molecule has 0 atom stereocenters. The average Bonchev–Trinajstić information content (AvgIpc) is 3.13. The smallest absolute Gasteiger partial charge is 0.335 e. The topological polar surface area (TPSA) is 94.9 Å². The molecule has 11 heteroatoms. The molecular formula is C27H26F3N6O2+. The average molecular weight is 524 g/mol. The largest absolute Gasteiger partial charge is 0.416 e. The highest BCUT2D eigenvalue weighted by Crippen LogP contribution is 2.30. The minimum absolute atomic E-state index is 0.0299. The van der Waals surface area contributed by atoms with Crippen molar-refractivity contribution in [3.63, 3.8) is 0 Å². The molecule has 8 nitrogen and oxygen atoms in total. The molecule has 1 aliphatic rings. The van der Waals surface area contributed by atoms with Crippen molar-refractivity contribution >= 4 is 17.6 Å². The Balaban J connectivity index is 2.00. The Morgan fingerprint density at radius 2 is 1.89 bits per heavy atom. The summed E-state index contributed by atoms with van der Waals surface area (Å²) < 4.78 is 44.0. The lowest BCUT2D eigenvalue weighted by Crippen LogP contribution is -2.46. The van der Waals surface area contributed by atoms with Crippen molar-refractivity contribution in [2.75, 3.05) is 7.05 Å². The van der Waals surface area contributed by atoms with Crippen LogP contribution in [-0.2, 0) is 6.18 Å². The van der Waals surface area contributed by atoms with Crippen LogP contribution in [0.4, 0.5) is 23.7 Å². The molecule has 1 heterocycles. The quantitative estimate of drug-likeness (QED) is 0.295. The third-order valence-corrected chi connectivity index (χ3v) is 6.51. The lowest BCUT2D eigenvalue weighted by Gasteiger charge is -2.26. The number of hydrogen-bond donors (Lipinski definition) is 2. The number of imidazole rings is 1. The molecule has 196 valence electrons. The zero-order valence-corrected chi connectivity index (χ0v) is 20.8. The lowest BCUT2D eigenvalue weighted by molar-refractivity contribution is -0.361. The van der Waals surface area contributed by atoms with Gasteiger partial charge in [-0.15, -0.1) is 0 Å². The van der Waals surface area contributed by atoms with Gasteiger partial charge in [0.05, 0.1) is 41.8 Å². The van der Waals surface area contributed by atoms with Gasteiger partial charge in [0.2, 0.25) is 0 Å². The minimum atomic E-state index is -4.61. The van der Waals surface area contributed by atoms with Crippen molar-refractivity contribution in [2.45, 2.75) is 38.4 Å². The van der Waals surface area contributed by atoms with Gasteiger partial charge in [-0.2, -0.15) is 23.0 Å². The molecule has 2 aromatic carbocycles. The first-order valence-electron chi connectivity index (χ1n) is 11.9. The van der Waals surface area contributed by atoms with Crippen LogP contribution >= 0.6 is 0 Å². The molecule has 1 aliphatic carbocycles. The van der Waals surface area contributed by atoms with E-state index in [2.05, 4.69) is 17.2 Å². The van der Waals surface area contributed by atoms with Gasteiger partial charge in [0, 0.05) is 6.04 Å². The summed E-state index contributed by atoms with van der Waals surface area (Å²) in [7, 11) is 1.59. The van der Waals surface area contributed by atoms with Crippen LogP contribution in [0.1, 0.15) is 41.8 Å². The first-order valence-corrected chi connectivity index (χ1v) is 11.9. The highest BCUT2D eigenvalue weighted by molar-refractivity contribution is 5.99. The number of nitrogens with zero attached hydrogens (tertiary/aromatic N) is 4. The fourth-order valence-electron chi connectivity index (χ4n) is 4.36. The highest BCUT2D eigenvalue weighted by Gasteiger charge is 2.34. The molecule has 4 rings (SSSR count). The maximum atomic E-state index is 13.7. The SMILES string of the molecule is C=C[N+](=C(NC)c1c(C)n(-c2cccc(C(F)(F)F)c2)c(=O)n1C(=O)NC1CCC1)c1ccc(C#N)cc1. The van der Waals surface area contributed by atoms with Gasteiger partial charge in [0.1, 0.15) is 5.69 Å². The molecule has 38 heavy (non-hydrogen) atoms. The van der Waals surface area contributed by atoms with Gasteiger partial charge >= 0.3 is 23.7 Å². The molecule has 3 aromatic rings. The summed E-state index contributed by atoms with van der Waals surface area (Å²) in [5.41, 5.74) is -0.361. The van der Waals surface area contributed by atoms with Gasteiger partial charge in [0.25, 0.3) is 0 Å². The number of amides is 1. The molecule has 0 aliphatic heterocycles. The first kappa shape index (κ1) is 26.5. The van der Waals surface area contributed by atoms with Gasteiger partial charge in [-0.25, -0.2) is 14.2 Å². The van der Waals surface area contributed by atoms with Gasteiger partial charge in [-0.05, 0) is 68.7 Å². The molecule has 1 fully saturated rings. The molecule has 0 bridgehead atoms. The normalized spacial score (nSPS) is 14.2. The molecule has 1 saturated carbocycles. The van der Waals surface area contributed by atoms with Crippen LogP contribution < -0.4 is 16.3 Å². The summed E-state index contributed by atoms with van der Waals surface area (Å²) in [5, 5.41) is 15.0. The third-order valence-electron chi connectivity index (χ3n) is 6.51. The monoisotopic (exact) mass is 523 g/mol. The van der Waals surface area contributed by atoms with Gasteiger partial charge in [0.15, 0.2) is 5.69 Å². The first-order chi connectivity index (χ1) is 18.1. The van der Waals surface area contributed by atoms with Crippen molar-refractivity contribution in [1.82, 2.24) is 19.8 Å². The molecule has 0 spiro atoms. The van der Waals surface area contributed by atoms with E-state index in [0.29, 0.717) is 11.3 Å². The number of alkyl halides is 3. The number of aromatic nitrogens is 2. The van der Waals surface area contributed by atoms with Gasteiger partial charge in [-0.1, -0.05) is 12.6 Å². The van der Waals surface area contributed by atoms with Gasteiger partial charge < -0.3 is 5.32 Å². The molecule has 0 saturated heterocycles. The standard InChI is InChI=1S/C27H25F3N6O2/c1-4-34(21-13-11-18(16-31)12-14-21)24(32-3)23-17(2)35(22-10-5-7-19(15-22)27(28,29)30)26(38)36(23)25(37)33-20-8-6-9-20/h4-5,7,10-15,20H,1,6,8-9H2,2-3H3,(H,33,37)/p+1. The number of amidine groups is 1. The summed E-state index contributed by atoms with van der Waals surface area (Å²) in [6.07, 6.45) is -0.649. The van der Waals surface area contributed by atoms with E-state index < -0.39 is 23.5 Å². The highest BCUT2D eigenvalue weighted by atomic mass is 19.4. The van der Waals surface area contributed by atoms with Gasteiger partial charge in [-0.3, -0.25) is 9.88 Å². The number of hydrogen-bond acceptors (Lipinski definition) is 3. The van der Waals surface area contributed by atoms with E-state index in [9.17, 15) is 22.8 Å². The number of halogens is 3. The van der Waals surface area contributed by atoms with Crippen molar-refractivity contribution < 1.29 is 22.5 Å². The summed E-state index contributed by atoms with van der Waals surface area (Å²) in [5.74, 6) is 0.286. The molecule has 1 amide bonds. The number of carbonyl (C=O) groups is 1. The summed E-state index contributed by atoms with van der Waals surface area (Å²) in [6, 6.07) is 12.2. The van der Waals surface area contributed by atoms with Crippen molar-refractivity contribution in [3.8, 4) is 11.8 Å². The summed E-state index contributed by atoms with van der Waals surface area (Å²) in [4.78, 5) is 27.1. The summed E-state index contributed by atoms with van der Waals surface area (Å²) >= 11 is 0. The van der Waals surface area contributed by atoms with Crippen LogP contribution in [0.2, 0.25) is 0 Å². The number of benzene rings is 2. The van der Waals surface area contributed by atoms with E-state index in [-0.39, 0.29) is 29.0 Å². The second-order valence-corrected chi connectivity index (χ2v) is 8.82. The maximum Gasteiger partial charge on any atom is 0.416 e. The van der Waals surface area contributed by atoms with Crippen LogP contribution in [0, 0.1) is 18.3 Å². The number of rotatable bonds is 5. The Labute approximate surface area is 216 Å². The van der Waals surface area contributed by atoms with Crippen LogP contribution in [-0.4, -0.2) is 38.7 Å². The molecule has 1 aromatic heterocycles. The van der Waals surface area contributed by atoms with E-state index >= 15 is 0 Å². The van der Waals surface area contributed by atoms with Crippen LogP contribution in [0.25, 0.3) is 5.69 Å². The third kappa shape index (κ3) is 4.85. The fourth-order valence-corrected chi connectivity index (χ4v) is 4.36. The van der Waals surface area contributed by atoms with Crippen LogP contribution in [0.15, 0.2) is 66.1 Å². The van der Waals surface area contributed by atoms with Crippen molar-refractivity contribution in [3.05, 3.63) is 94.3 Å². The Morgan fingerprint density at radius 3 is 2.42 bits per heavy atom. The maximum absolute atomic E-state index is 13.7. The van der Waals surface area contributed by atoms with E-state index in [1.54, 1.807) is 42.8 Å². The Bertz CT molecular complexity index is 1520. The second-order valence-electron chi connectivity index (χ2n) is 8.82. The zero-order chi connectivity index (χ0) is 27.6. The predicted molar refractivity (Wildman–Crippen MR) is 136 cm³/mol. The number of nitriles is 1. The summed E-state index contributed by atoms with van der Waals surface area (Å²) in [6.45, 7) is 5.41. The molecule has 0 radical (unpaired) electrons. The van der Waals surface area contributed by atoms with E-state index in [1.165, 1.54) is 18.3 Å². The molecule has 0 unspecified atom stereocenters. The van der Waals surface area contributed by atoms with E-state index in [4.69, 9.17) is 5.26 Å². The van der Waals surface area contributed by atoms with E-state index in [0.717, 1.165) is 40.5 Å². The Hall–Kier alpha value is -4.59.